The highest BCUT2D eigenvalue weighted by Gasteiger charge is 2.41. The molecular weight excluding hydrogens is 304 g/mol. The summed E-state index contributed by atoms with van der Waals surface area (Å²) in [6.45, 7) is 7.22. The van der Waals surface area contributed by atoms with E-state index in [2.05, 4.69) is 38.6 Å². The van der Waals surface area contributed by atoms with Crippen LogP contribution in [0.5, 0.6) is 0 Å². The first-order valence-corrected chi connectivity index (χ1v) is 9.53. The first-order chi connectivity index (χ1) is 11.2. The van der Waals surface area contributed by atoms with Gasteiger partial charge in [-0.1, -0.05) is 6.07 Å². The maximum absolute atomic E-state index is 4.31. The standard InChI is InChI=1S/C18H26N4S/c1-20-11-16(10-19-20)12-21-7-3-5-18(14-21)6-8-22(15-18)13-17-4-2-9-23-17/h2,4,9-11H,3,5-8,12-15H2,1H3. The molecular formula is C18H26N4S. The fourth-order valence-corrected chi connectivity index (χ4v) is 5.12. The zero-order valence-corrected chi connectivity index (χ0v) is 14.8. The van der Waals surface area contributed by atoms with Crippen LogP contribution in [-0.4, -0.2) is 45.8 Å². The third kappa shape index (κ3) is 3.52. The van der Waals surface area contributed by atoms with Crippen LogP contribution in [0, 0.1) is 5.41 Å². The monoisotopic (exact) mass is 330 g/mol. The van der Waals surface area contributed by atoms with Crippen molar-refractivity contribution in [3.8, 4) is 0 Å². The highest BCUT2D eigenvalue weighted by atomic mass is 32.1. The van der Waals surface area contributed by atoms with Crippen molar-refractivity contribution in [2.75, 3.05) is 26.2 Å². The van der Waals surface area contributed by atoms with E-state index in [9.17, 15) is 0 Å². The lowest BCUT2D eigenvalue weighted by Crippen LogP contribution is -2.44. The van der Waals surface area contributed by atoms with E-state index in [4.69, 9.17) is 0 Å². The zero-order chi connectivity index (χ0) is 15.7. The fourth-order valence-electron chi connectivity index (χ4n) is 4.38. The summed E-state index contributed by atoms with van der Waals surface area (Å²) in [7, 11) is 2.00. The molecule has 2 aliphatic heterocycles. The summed E-state index contributed by atoms with van der Waals surface area (Å²) in [6.07, 6.45) is 8.27. The molecule has 4 nitrogen and oxygen atoms in total. The lowest BCUT2D eigenvalue weighted by molar-refractivity contribution is 0.0867. The molecule has 0 radical (unpaired) electrons. The summed E-state index contributed by atoms with van der Waals surface area (Å²) in [5.41, 5.74) is 1.87. The molecule has 2 saturated heterocycles. The van der Waals surface area contributed by atoms with Crippen molar-refractivity contribution in [1.82, 2.24) is 19.6 Å². The molecule has 1 atom stereocenters. The molecule has 0 aliphatic carbocycles. The third-order valence-corrected chi connectivity index (χ3v) is 6.24. The first-order valence-electron chi connectivity index (χ1n) is 8.65. The van der Waals surface area contributed by atoms with Crippen LogP contribution in [0.1, 0.15) is 29.7 Å². The molecule has 124 valence electrons. The summed E-state index contributed by atoms with van der Waals surface area (Å²) in [6, 6.07) is 4.44. The minimum absolute atomic E-state index is 0.526. The van der Waals surface area contributed by atoms with Crippen LogP contribution < -0.4 is 0 Å². The van der Waals surface area contributed by atoms with Gasteiger partial charge >= 0.3 is 0 Å². The number of aryl methyl sites for hydroxylation is 1. The number of aromatic nitrogens is 2. The van der Waals surface area contributed by atoms with Crippen LogP contribution in [0.4, 0.5) is 0 Å². The predicted molar refractivity (Wildman–Crippen MR) is 94.4 cm³/mol. The molecule has 2 aliphatic rings. The molecule has 0 amide bonds. The summed E-state index contributed by atoms with van der Waals surface area (Å²) in [5.74, 6) is 0. The van der Waals surface area contributed by atoms with Crippen LogP contribution in [-0.2, 0) is 20.1 Å². The molecule has 2 aromatic heterocycles. The van der Waals surface area contributed by atoms with E-state index in [-0.39, 0.29) is 0 Å². The molecule has 1 unspecified atom stereocenters. The Bertz CT molecular complexity index is 635. The molecule has 0 bridgehead atoms. The number of likely N-dealkylation sites (tertiary alicyclic amines) is 2. The van der Waals surface area contributed by atoms with Crippen LogP contribution in [0.3, 0.4) is 0 Å². The maximum atomic E-state index is 4.31. The van der Waals surface area contributed by atoms with Gasteiger partial charge in [-0.2, -0.15) is 5.10 Å². The minimum Gasteiger partial charge on any atom is -0.298 e. The zero-order valence-electron chi connectivity index (χ0n) is 13.9. The topological polar surface area (TPSA) is 24.3 Å². The van der Waals surface area contributed by atoms with Crippen LogP contribution in [0.15, 0.2) is 29.9 Å². The van der Waals surface area contributed by atoms with Gasteiger partial charge in [-0.25, -0.2) is 0 Å². The average molecular weight is 331 g/mol. The molecule has 23 heavy (non-hydrogen) atoms. The molecule has 0 saturated carbocycles. The van der Waals surface area contributed by atoms with Crippen molar-refractivity contribution in [3.63, 3.8) is 0 Å². The second kappa shape index (κ2) is 6.38. The maximum Gasteiger partial charge on any atom is 0.0534 e. The first kappa shape index (κ1) is 15.4. The van der Waals surface area contributed by atoms with Gasteiger partial charge in [0.25, 0.3) is 0 Å². The third-order valence-electron chi connectivity index (χ3n) is 5.38. The number of piperidine rings is 1. The van der Waals surface area contributed by atoms with E-state index in [1.54, 1.807) is 0 Å². The Kier molecular flexibility index (Phi) is 4.26. The lowest BCUT2D eigenvalue weighted by atomic mass is 9.79. The molecule has 4 heterocycles. The number of hydrogen-bond acceptors (Lipinski definition) is 4. The van der Waals surface area contributed by atoms with Crippen LogP contribution >= 0.6 is 11.3 Å². The highest BCUT2D eigenvalue weighted by molar-refractivity contribution is 7.09. The number of nitrogens with zero attached hydrogens (tertiary/aromatic N) is 4. The average Bonchev–Trinajstić information content (AvgIpc) is 3.24. The Morgan fingerprint density at radius 2 is 2.04 bits per heavy atom. The SMILES string of the molecule is Cn1cc(CN2CCCC3(CCN(Cc4cccs4)C3)C2)cn1. The predicted octanol–water partition coefficient (Wildman–Crippen LogP) is 2.97. The van der Waals surface area contributed by atoms with Gasteiger partial charge in [-0.05, 0) is 49.2 Å². The molecule has 5 heteroatoms. The van der Waals surface area contributed by atoms with Crippen molar-refractivity contribution in [2.45, 2.75) is 32.4 Å². The van der Waals surface area contributed by atoms with E-state index >= 15 is 0 Å². The summed E-state index contributed by atoms with van der Waals surface area (Å²) in [5, 5.41) is 6.50. The van der Waals surface area contributed by atoms with Gasteiger partial charge in [-0.3, -0.25) is 14.5 Å². The van der Waals surface area contributed by atoms with Gasteiger partial charge in [0.1, 0.15) is 0 Å². The Balaban J connectivity index is 1.37. The normalized spacial score (nSPS) is 26.3. The van der Waals surface area contributed by atoms with E-state index in [0.29, 0.717) is 5.41 Å². The molecule has 4 rings (SSSR count). The molecule has 0 aromatic carbocycles. The summed E-state index contributed by atoms with van der Waals surface area (Å²) in [4.78, 5) is 6.82. The number of thiophene rings is 1. The van der Waals surface area contributed by atoms with Gasteiger partial charge in [0.05, 0.1) is 6.20 Å². The highest BCUT2D eigenvalue weighted by Crippen LogP contribution is 2.40. The summed E-state index contributed by atoms with van der Waals surface area (Å²) < 4.78 is 1.91. The van der Waals surface area contributed by atoms with E-state index in [0.717, 1.165) is 13.1 Å². The Morgan fingerprint density at radius 3 is 2.78 bits per heavy atom. The van der Waals surface area contributed by atoms with Gasteiger partial charge in [0.2, 0.25) is 0 Å². The summed E-state index contributed by atoms with van der Waals surface area (Å²) >= 11 is 1.89. The van der Waals surface area contributed by atoms with Crippen LogP contribution in [0.25, 0.3) is 0 Å². The van der Waals surface area contributed by atoms with Gasteiger partial charge in [0, 0.05) is 49.9 Å². The van der Waals surface area contributed by atoms with Crippen molar-refractivity contribution in [2.24, 2.45) is 12.5 Å². The van der Waals surface area contributed by atoms with Crippen LogP contribution in [0.2, 0.25) is 0 Å². The fraction of sp³-hybridized carbons (Fsp3) is 0.611. The van der Waals surface area contributed by atoms with Crippen molar-refractivity contribution in [1.29, 1.82) is 0 Å². The Hall–Kier alpha value is -1.17. The molecule has 2 fully saturated rings. The van der Waals surface area contributed by atoms with Crippen molar-refractivity contribution >= 4 is 11.3 Å². The van der Waals surface area contributed by atoms with E-state index < -0.39 is 0 Å². The Labute approximate surface area is 142 Å². The number of rotatable bonds is 4. The van der Waals surface area contributed by atoms with Gasteiger partial charge in [0.15, 0.2) is 0 Å². The van der Waals surface area contributed by atoms with E-state index in [1.807, 2.05) is 29.3 Å². The lowest BCUT2D eigenvalue weighted by Gasteiger charge is -2.40. The van der Waals surface area contributed by atoms with Crippen molar-refractivity contribution in [3.05, 3.63) is 40.3 Å². The quantitative estimate of drug-likeness (QED) is 0.861. The van der Waals surface area contributed by atoms with Gasteiger partial charge < -0.3 is 0 Å². The largest absolute Gasteiger partial charge is 0.298 e. The molecule has 1 spiro atoms. The van der Waals surface area contributed by atoms with E-state index in [1.165, 1.54) is 55.9 Å². The van der Waals surface area contributed by atoms with Gasteiger partial charge in [-0.15, -0.1) is 11.3 Å². The molecule has 2 aromatic rings. The van der Waals surface area contributed by atoms with Crippen molar-refractivity contribution < 1.29 is 0 Å². The molecule has 0 N–H and O–H groups in total. The smallest absolute Gasteiger partial charge is 0.0534 e. The second-order valence-corrected chi connectivity index (χ2v) is 8.41. The second-order valence-electron chi connectivity index (χ2n) is 7.38. The number of hydrogen-bond donors (Lipinski definition) is 0. The minimum atomic E-state index is 0.526. The Morgan fingerprint density at radius 1 is 1.17 bits per heavy atom.